The summed E-state index contributed by atoms with van der Waals surface area (Å²) in [5.41, 5.74) is 0. The quantitative estimate of drug-likeness (QED) is 0.453. The van der Waals surface area contributed by atoms with Crippen LogP contribution >= 0.6 is 0 Å². The van der Waals surface area contributed by atoms with Gasteiger partial charge in [-0.2, -0.15) is 4.89 Å². The van der Waals surface area contributed by atoms with E-state index in [0.717, 1.165) is 13.0 Å². The van der Waals surface area contributed by atoms with E-state index in [1.54, 1.807) is 0 Å². The van der Waals surface area contributed by atoms with Crippen LogP contribution in [0.5, 0.6) is 0 Å². The van der Waals surface area contributed by atoms with Crippen molar-refractivity contribution in [3.8, 4) is 0 Å². The zero-order valence-corrected chi connectivity index (χ0v) is 7.45. The maximum atomic E-state index is 5.33. The lowest BCUT2D eigenvalue weighted by Crippen LogP contribution is -2.17. The molecule has 72 valence electrons. The predicted octanol–water partition coefficient (Wildman–Crippen LogP) is 1.46. The third-order valence-corrected chi connectivity index (χ3v) is 1.67. The van der Waals surface area contributed by atoms with Gasteiger partial charge in [-0.25, -0.2) is 4.89 Å². The van der Waals surface area contributed by atoms with Gasteiger partial charge in [0.15, 0.2) is 0 Å². The van der Waals surface area contributed by atoms with Crippen molar-refractivity contribution in [3.05, 3.63) is 0 Å². The molecule has 0 spiro atoms. The Morgan fingerprint density at radius 3 is 3.00 bits per heavy atom. The maximum absolute atomic E-state index is 5.33. The molecule has 0 aliphatic carbocycles. The first-order valence-corrected chi connectivity index (χ1v) is 4.46. The number of hydrogen-bond donors (Lipinski definition) is 0. The molecule has 1 unspecified atom stereocenters. The van der Waals surface area contributed by atoms with Gasteiger partial charge in [0.2, 0.25) is 0 Å². The monoisotopic (exact) mass is 176 g/mol. The Hall–Kier alpha value is -0.160. The van der Waals surface area contributed by atoms with E-state index in [1.165, 1.54) is 12.8 Å². The van der Waals surface area contributed by atoms with Gasteiger partial charge >= 0.3 is 0 Å². The summed E-state index contributed by atoms with van der Waals surface area (Å²) in [6, 6.07) is 0. The molecule has 0 N–H and O–H groups in total. The van der Waals surface area contributed by atoms with Gasteiger partial charge in [-0.3, -0.25) is 0 Å². The van der Waals surface area contributed by atoms with Crippen molar-refractivity contribution in [2.75, 3.05) is 19.8 Å². The van der Waals surface area contributed by atoms with Crippen LogP contribution in [0.25, 0.3) is 0 Å². The predicted molar refractivity (Wildman–Crippen MR) is 42.3 cm³/mol. The Morgan fingerprint density at radius 2 is 2.33 bits per heavy atom. The summed E-state index contributed by atoms with van der Waals surface area (Å²) < 4.78 is 5.33. The molecule has 0 aromatic heterocycles. The topological polar surface area (TPSA) is 36.9 Å². The molecule has 0 aromatic rings. The summed E-state index contributed by atoms with van der Waals surface area (Å²) in [4.78, 5) is 9.25. The van der Waals surface area contributed by atoms with Crippen LogP contribution in [0.4, 0.5) is 0 Å². The van der Waals surface area contributed by atoms with E-state index in [2.05, 4.69) is 16.8 Å². The molecule has 4 nitrogen and oxygen atoms in total. The molecule has 1 fully saturated rings. The first-order valence-electron chi connectivity index (χ1n) is 4.46. The van der Waals surface area contributed by atoms with E-state index in [-0.39, 0.29) is 6.10 Å². The van der Waals surface area contributed by atoms with E-state index in [4.69, 9.17) is 9.62 Å². The lowest BCUT2D eigenvalue weighted by Gasteiger charge is -2.05. The molecule has 0 aromatic carbocycles. The highest BCUT2D eigenvalue weighted by Crippen LogP contribution is 2.05. The molecule has 12 heavy (non-hydrogen) atoms. The van der Waals surface area contributed by atoms with Crippen LogP contribution in [0.3, 0.4) is 0 Å². The van der Waals surface area contributed by atoms with Gasteiger partial charge in [0, 0.05) is 6.61 Å². The van der Waals surface area contributed by atoms with Gasteiger partial charge in [0.1, 0.15) is 12.7 Å². The van der Waals surface area contributed by atoms with Crippen LogP contribution < -0.4 is 0 Å². The minimum Gasteiger partial charge on any atom is -0.379 e. The van der Waals surface area contributed by atoms with Crippen LogP contribution in [-0.2, 0) is 19.6 Å². The van der Waals surface area contributed by atoms with Gasteiger partial charge in [0.05, 0.1) is 6.61 Å². The lowest BCUT2D eigenvalue weighted by atomic mass is 10.3. The number of unbranched alkanes of at least 4 members (excludes halogenated alkanes) is 2. The summed E-state index contributed by atoms with van der Waals surface area (Å²) >= 11 is 0. The summed E-state index contributed by atoms with van der Waals surface area (Å²) in [7, 11) is 0. The lowest BCUT2D eigenvalue weighted by molar-refractivity contribution is -0.461. The fraction of sp³-hybridized carbons (Fsp3) is 1.00. The molecule has 1 atom stereocenters. The van der Waals surface area contributed by atoms with Gasteiger partial charge in [-0.15, -0.1) is 0 Å². The Balaban J connectivity index is 1.81. The van der Waals surface area contributed by atoms with Gasteiger partial charge in [-0.05, 0) is 6.42 Å². The zero-order valence-electron chi connectivity index (χ0n) is 7.45. The van der Waals surface area contributed by atoms with E-state index in [9.17, 15) is 0 Å². The first-order chi connectivity index (χ1) is 5.93. The molecule has 0 amide bonds. The summed E-state index contributed by atoms with van der Waals surface area (Å²) in [5.74, 6) is 0. The second-order valence-corrected chi connectivity index (χ2v) is 2.85. The van der Waals surface area contributed by atoms with Crippen LogP contribution in [-0.4, -0.2) is 25.9 Å². The SMILES string of the molecule is CCCCCOCC1COOO1. The smallest absolute Gasteiger partial charge is 0.146 e. The van der Waals surface area contributed by atoms with Gasteiger partial charge < -0.3 is 4.74 Å². The van der Waals surface area contributed by atoms with Gasteiger partial charge in [0.25, 0.3) is 0 Å². The molecule has 1 aliphatic heterocycles. The molecular weight excluding hydrogens is 160 g/mol. The van der Waals surface area contributed by atoms with Crippen molar-refractivity contribution in [2.24, 2.45) is 0 Å². The molecule has 4 heteroatoms. The summed E-state index contributed by atoms with van der Waals surface area (Å²) in [5, 5.41) is 4.26. The van der Waals surface area contributed by atoms with Crippen LogP contribution in [0.15, 0.2) is 0 Å². The van der Waals surface area contributed by atoms with Crippen LogP contribution in [0.1, 0.15) is 26.2 Å². The number of ether oxygens (including phenoxy) is 1. The van der Waals surface area contributed by atoms with E-state index in [1.807, 2.05) is 0 Å². The van der Waals surface area contributed by atoms with E-state index in [0.29, 0.717) is 13.2 Å². The minimum atomic E-state index is -0.0494. The number of rotatable bonds is 6. The molecule has 0 radical (unpaired) electrons. The molecule has 1 rings (SSSR count). The van der Waals surface area contributed by atoms with Crippen molar-refractivity contribution in [1.29, 1.82) is 0 Å². The normalized spacial score (nSPS) is 23.2. The maximum Gasteiger partial charge on any atom is 0.146 e. The van der Waals surface area contributed by atoms with Crippen molar-refractivity contribution < 1.29 is 19.6 Å². The van der Waals surface area contributed by atoms with Gasteiger partial charge in [-0.1, -0.05) is 24.8 Å². The first kappa shape index (κ1) is 9.92. The third kappa shape index (κ3) is 4.01. The third-order valence-electron chi connectivity index (χ3n) is 1.67. The van der Waals surface area contributed by atoms with Crippen LogP contribution in [0, 0.1) is 0 Å². The Morgan fingerprint density at radius 1 is 1.42 bits per heavy atom. The van der Waals surface area contributed by atoms with E-state index < -0.39 is 0 Å². The van der Waals surface area contributed by atoms with E-state index >= 15 is 0 Å². The highest BCUT2D eigenvalue weighted by molar-refractivity contribution is 4.53. The largest absolute Gasteiger partial charge is 0.379 e. The van der Waals surface area contributed by atoms with Crippen molar-refractivity contribution in [1.82, 2.24) is 0 Å². The average Bonchev–Trinajstić information content (AvgIpc) is 2.57. The van der Waals surface area contributed by atoms with Crippen molar-refractivity contribution in [3.63, 3.8) is 0 Å². The second-order valence-electron chi connectivity index (χ2n) is 2.85. The Kier molecular flexibility index (Phi) is 5.27. The summed E-state index contributed by atoms with van der Waals surface area (Å²) in [6.45, 7) is 3.99. The molecule has 1 aliphatic rings. The molecule has 0 saturated carbocycles. The number of hydrogen-bond acceptors (Lipinski definition) is 4. The molecule has 0 bridgehead atoms. The molecule has 1 heterocycles. The fourth-order valence-electron chi connectivity index (χ4n) is 0.960. The minimum absolute atomic E-state index is 0.0494. The Labute approximate surface area is 72.6 Å². The highest BCUT2D eigenvalue weighted by Gasteiger charge is 2.18. The summed E-state index contributed by atoms with van der Waals surface area (Å²) in [6.07, 6.45) is 3.51. The highest BCUT2D eigenvalue weighted by atomic mass is 17.5. The Bertz CT molecular complexity index is 101. The average molecular weight is 176 g/mol. The molecule has 1 saturated heterocycles. The van der Waals surface area contributed by atoms with Crippen molar-refractivity contribution in [2.45, 2.75) is 32.3 Å². The van der Waals surface area contributed by atoms with Crippen LogP contribution in [0.2, 0.25) is 0 Å². The van der Waals surface area contributed by atoms with Crippen molar-refractivity contribution >= 4 is 0 Å². The molecular formula is C8H16O4. The fourth-order valence-corrected chi connectivity index (χ4v) is 0.960. The second kappa shape index (κ2) is 6.37. The zero-order chi connectivity index (χ0) is 8.65. The standard InChI is InChI=1S/C8H16O4/c1-2-3-4-5-9-6-8-7-10-12-11-8/h8H,2-7H2,1H3.